The first kappa shape index (κ1) is 24.2. The Morgan fingerprint density at radius 1 is 1.03 bits per heavy atom. The molecule has 0 aliphatic carbocycles. The van der Waals surface area contributed by atoms with Crippen molar-refractivity contribution in [2.45, 2.75) is 19.1 Å². The van der Waals surface area contributed by atoms with E-state index in [1.54, 1.807) is 53.2 Å². The third-order valence-electron chi connectivity index (χ3n) is 6.38. The number of nitrogens with one attached hydrogen (secondary N) is 2. The first-order chi connectivity index (χ1) is 18.0. The van der Waals surface area contributed by atoms with E-state index in [0.717, 1.165) is 19.5 Å². The second kappa shape index (κ2) is 10.6. The minimum absolute atomic E-state index is 0.123. The number of aliphatic hydroxyl groups is 1. The highest BCUT2D eigenvalue weighted by Gasteiger charge is 2.19. The number of aliphatic hydroxyl groups excluding tert-OH is 1. The van der Waals surface area contributed by atoms with Gasteiger partial charge in [0.05, 0.1) is 18.4 Å². The summed E-state index contributed by atoms with van der Waals surface area (Å²) >= 11 is 0. The zero-order chi connectivity index (χ0) is 25.8. The van der Waals surface area contributed by atoms with Gasteiger partial charge >= 0.3 is 0 Å². The molecule has 0 bridgehead atoms. The number of pyridine rings is 1. The van der Waals surface area contributed by atoms with Crippen LogP contribution < -0.4 is 10.6 Å². The van der Waals surface area contributed by atoms with Crippen LogP contribution in [0.2, 0.25) is 0 Å². The lowest BCUT2D eigenvalue weighted by molar-refractivity contribution is 0.0838. The molecule has 1 aliphatic rings. The summed E-state index contributed by atoms with van der Waals surface area (Å²) in [6.45, 7) is 9.27. The van der Waals surface area contributed by atoms with Gasteiger partial charge < -0.3 is 20.1 Å². The van der Waals surface area contributed by atoms with E-state index in [4.69, 9.17) is 6.57 Å². The standard InChI is InChI=1S/C28H26N6O3/c1-29-22-8-6-20(7-9-22)27(36)31-23-10-11-26-32-25(18-34(26)16-23)28(37)30-14-24(35)17-33-13-12-19-4-2-3-5-21(19)15-33/h2-11,16,18,24,35H,12-15,17H2,(H,30,37)(H,31,36)/t24-/m0/s1. The average molecular weight is 495 g/mol. The number of nitrogens with zero attached hydrogens (tertiary/aromatic N) is 4. The molecule has 1 aliphatic heterocycles. The number of β-amino-alcohol motifs (C(OH)–C–C–N with tert-alkyl or cyclic N) is 1. The van der Waals surface area contributed by atoms with Crippen molar-refractivity contribution in [1.82, 2.24) is 19.6 Å². The Bertz CT molecular complexity index is 1490. The molecule has 4 aromatic rings. The highest BCUT2D eigenvalue weighted by atomic mass is 16.3. The SMILES string of the molecule is [C-]#[N+]c1ccc(C(=O)Nc2ccc3nc(C(=O)NC[C@H](O)CN4CCc5ccccc5C4)cn3c2)cc1. The highest BCUT2D eigenvalue weighted by Crippen LogP contribution is 2.19. The minimum atomic E-state index is -0.697. The molecule has 0 radical (unpaired) electrons. The van der Waals surface area contributed by atoms with Crippen molar-refractivity contribution in [3.05, 3.63) is 107 Å². The molecular weight excluding hydrogens is 468 g/mol. The fraction of sp³-hybridized carbons (Fsp3) is 0.214. The van der Waals surface area contributed by atoms with E-state index in [1.165, 1.54) is 11.1 Å². The number of anilines is 1. The molecule has 2 aromatic carbocycles. The van der Waals surface area contributed by atoms with Crippen LogP contribution >= 0.6 is 0 Å². The Morgan fingerprint density at radius 3 is 2.59 bits per heavy atom. The van der Waals surface area contributed by atoms with E-state index in [1.807, 2.05) is 12.1 Å². The number of carbonyl (C=O) groups excluding carboxylic acids is 2. The van der Waals surface area contributed by atoms with Crippen molar-refractivity contribution in [2.24, 2.45) is 0 Å². The number of fused-ring (bicyclic) bond motifs is 2. The van der Waals surface area contributed by atoms with E-state index in [2.05, 4.69) is 37.5 Å². The second-order valence-electron chi connectivity index (χ2n) is 9.04. The van der Waals surface area contributed by atoms with Crippen LogP contribution in [0.25, 0.3) is 10.5 Å². The lowest BCUT2D eigenvalue weighted by Crippen LogP contribution is -2.42. The third-order valence-corrected chi connectivity index (χ3v) is 6.38. The Morgan fingerprint density at radius 2 is 1.81 bits per heavy atom. The summed E-state index contributed by atoms with van der Waals surface area (Å²) in [7, 11) is 0. The highest BCUT2D eigenvalue weighted by molar-refractivity contribution is 6.04. The lowest BCUT2D eigenvalue weighted by Gasteiger charge is -2.30. The fourth-order valence-corrected chi connectivity index (χ4v) is 4.44. The molecule has 3 heterocycles. The molecule has 0 saturated carbocycles. The van der Waals surface area contributed by atoms with Gasteiger partial charge in [0.1, 0.15) is 11.3 Å². The van der Waals surface area contributed by atoms with Gasteiger partial charge in [0.2, 0.25) is 0 Å². The molecule has 3 N–H and O–H groups in total. The summed E-state index contributed by atoms with van der Waals surface area (Å²) < 4.78 is 1.66. The average Bonchev–Trinajstić information content (AvgIpc) is 3.35. The zero-order valence-corrected chi connectivity index (χ0v) is 20.1. The number of benzene rings is 2. The molecular formula is C28H26N6O3. The number of amides is 2. The van der Waals surface area contributed by atoms with E-state index in [0.29, 0.717) is 29.1 Å². The van der Waals surface area contributed by atoms with Gasteiger partial charge in [0.25, 0.3) is 11.8 Å². The van der Waals surface area contributed by atoms with E-state index in [-0.39, 0.29) is 24.1 Å². The van der Waals surface area contributed by atoms with Gasteiger partial charge in [-0.2, -0.15) is 0 Å². The normalized spacial score (nSPS) is 13.9. The number of imidazole rings is 1. The van der Waals surface area contributed by atoms with Crippen molar-refractivity contribution in [3.63, 3.8) is 0 Å². The van der Waals surface area contributed by atoms with Gasteiger partial charge in [-0.25, -0.2) is 9.83 Å². The molecule has 186 valence electrons. The first-order valence-electron chi connectivity index (χ1n) is 12.0. The minimum Gasteiger partial charge on any atom is -0.390 e. The van der Waals surface area contributed by atoms with Gasteiger partial charge in [-0.15, -0.1) is 0 Å². The number of carbonyl (C=O) groups is 2. The summed E-state index contributed by atoms with van der Waals surface area (Å²) in [5.74, 6) is -0.683. The molecule has 37 heavy (non-hydrogen) atoms. The predicted octanol–water partition coefficient (Wildman–Crippen LogP) is 3.29. The van der Waals surface area contributed by atoms with E-state index >= 15 is 0 Å². The maximum absolute atomic E-state index is 12.7. The maximum atomic E-state index is 12.7. The van der Waals surface area contributed by atoms with Crippen LogP contribution in [0.5, 0.6) is 0 Å². The summed E-state index contributed by atoms with van der Waals surface area (Å²) in [5, 5.41) is 16.1. The number of aromatic nitrogens is 2. The topological polar surface area (TPSA) is 103 Å². The molecule has 1 atom stereocenters. The Balaban J connectivity index is 1.16. The van der Waals surface area contributed by atoms with Crippen LogP contribution in [0.1, 0.15) is 32.0 Å². The van der Waals surface area contributed by atoms with Crippen LogP contribution in [0.4, 0.5) is 11.4 Å². The monoisotopic (exact) mass is 494 g/mol. The molecule has 2 amide bonds. The molecule has 0 spiro atoms. The largest absolute Gasteiger partial charge is 0.390 e. The van der Waals surface area contributed by atoms with Crippen LogP contribution in [0, 0.1) is 6.57 Å². The lowest BCUT2D eigenvalue weighted by atomic mass is 10.00. The smallest absolute Gasteiger partial charge is 0.271 e. The van der Waals surface area contributed by atoms with Gasteiger partial charge in [-0.1, -0.05) is 48.5 Å². The van der Waals surface area contributed by atoms with E-state index in [9.17, 15) is 14.7 Å². The molecule has 2 aromatic heterocycles. The Hall–Kier alpha value is -4.52. The van der Waals surface area contributed by atoms with E-state index < -0.39 is 6.10 Å². The maximum Gasteiger partial charge on any atom is 0.271 e. The fourth-order valence-electron chi connectivity index (χ4n) is 4.44. The van der Waals surface area contributed by atoms with Crippen LogP contribution in [-0.2, 0) is 13.0 Å². The van der Waals surface area contributed by atoms with Gasteiger partial charge in [0.15, 0.2) is 5.69 Å². The first-order valence-corrected chi connectivity index (χ1v) is 12.0. The van der Waals surface area contributed by atoms with Crippen LogP contribution in [0.15, 0.2) is 73.1 Å². The van der Waals surface area contributed by atoms with Crippen molar-refractivity contribution < 1.29 is 14.7 Å². The quantitative estimate of drug-likeness (QED) is 0.342. The second-order valence-corrected chi connectivity index (χ2v) is 9.04. The number of hydrogen-bond donors (Lipinski definition) is 3. The molecule has 5 rings (SSSR count). The van der Waals surface area contributed by atoms with Crippen molar-refractivity contribution >= 4 is 28.8 Å². The van der Waals surface area contributed by atoms with Crippen molar-refractivity contribution in [3.8, 4) is 0 Å². The molecule has 0 fully saturated rings. The van der Waals surface area contributed by atoms with Crippen molar-refractivity contribution in [2.75, 3.05) is 25.0 Å². The Kier molecular flexibility index (Phi) is 6.94. The van der Waals surface area contributed by atoms with Crippen LogP contribution in [0.3, 0.4) is 0 Å². The zero-order valence-electron chi connectivity index (χ0n) is 20.1. The third kappa shape index (κ3) is 5.67. The van der Waals surface area contributed by atoms with Crippen molar-refractivity contribution in [1.29, 1.82) is 0 Å². The predicted molar refractivity (Wildman–Crippen MR) is 140 cm³/mol. The summed E-state index contributed by atoms with van der Waals surface area (Å²) in [4.78, 5) is 35.0. The Labute approximate surface area is 214 Å². The molecule has 9 nitrogen and oxygen atoms in total. The van der Waals surface area contributed by atoms with Crippen LogP contribution in [-0.4, -0.2) is 56.9 Å². The number of hydrogen-bond acceptors (Lipinski definition) is 5. The molecule has 9 heteroatoms. The van der Waals surface area contributed by atoms with Gasteiger partial charge in [-0.3, -0.25) is 14.5 Å². The van der Waals surface area contributed by atoms with Gasteiger partial charge in [0, 0.05) is 44.1 Å². The summed E-state index contributed by atoms with van der Waals surface area (Å²) in [6.07, 6.45) is 3.51. The summed E-state index contributed by atoms with van der Waals surface area (Å²) in [6, 6.07) is 18.1. The number of rotatable bonds is 7. The molecule has 0 unspecified atom stereocenters. The summed E-state index contributed by atoms with van der Waals surface area (Å²) in [5.41, 5.74) is 4.84. The van der Waals surface area contributed by atoms with Gasteiger partial charge in [-0.05, 0) is 29.7 Å². The molecule has 0 saturated heterocycles.